The Morgan fingerprint density at radius 2 is 2.10 bits per heavy atom. The molecule has 1 rings (SSSR count). The van der Waals surface area contributed by atoms with Gasteiger partial charge in [0.1, 0.15) is 11.8 Å². The third-order valence-corrected chi connectivity index (χ3v) is 3.73. The molecule has 2 N–H and O–H groups in total. The van der Waals surface area contributed by atoms with E-state index in [2.05, 4.69) is 5.32 Å². The molecule has 0 spiro atoms. The van der Waals surface area contributed by atoms with Gasteiger partial charge in [-0.25, -0.2) is 4.79 Å². The number of carboxylic acids is 1. The number of thioether (sulfide) groups is 1. The number of rotatable bonds is 8. The third kappa shape index (κ3) is 6.08. The van der Waals surface area contributed by atoms with Crippen molar-refractivity contribution in [3.8, 4) is 5.75 Å². The molecule has 116 valence electrons. The average Bonchev–Trinajstić information content (AvgIpc) is 2.42. The molecule has 0 aliphatic carbocycles. The SMILES string of the molecule is CCOc1cccc(SCC(=O)NC(C(=O)O)C(C)C)c1. The van der Waals surface area contributed by atoms with Crippen molar-refractivity contribution in [2.45, 2.75) is 31.7 Å². The van der Waals surface area contributed by atoms with Crippen LogP contribution >= 0.6 is 11.8 Å². The summed E-state index contributed by atoms with van der Waals surface area (Å²) in [4.78, 5) is 23.8. The highest BCUT2D eigenvalue weighted by molar-refractivity contribution is 8.00. The molecule has 1 unspecified atom stereocenters. The van der Waals surface area contributed by atoms with Crippen LogP contribution in [-0.4, -0.2) is 35.4 Å². The van der Waals surface area contributed by atoms with Gasteiger partial charge in [-0.2, -0.15) is 0 Å². The first kappa shape index (κ1) is 17.4. The molecule has 21 heavy (non-hydrogen) atoms. The largest absolute Gasteiger partial charge is 0.494 e. The minimum atomic E-state index is -1.01. The van der Waals surface area contributed by atoms with Gasteiger partial charge in [0.05, 0.1) is 12.4 Å². The summed E-state index contributed by atoms with van der Waals surface area (Å²) in [5.74, 6) is -0.526. The van der Waals surface area contributed by atoms with Gasteiger partial charge in [-0.3, -0.25) is 4.79 Å². The van der Waals surface area contributed by atoms with Crippen molar-refractivity contribution in [2.24, 2.45) is 5.92 Å². The Labute approximate surface area is 129 Å². The molecule has 1 atom stereocenters. The predicted molar refractivity (Wildman–Crippen MR) is 82.7 cm³/mol. The maximum Gasteiger partial charge on any atom is 0.326 e. The number of nitrogens with one attached hydrogen (secondary N) is 1. The minimum Gasteiger partial charge on any atom is -0.494 e. The number of carboxylic acid groups (broad SMARTS) is 1. The molecule has 1 aromatic carbocycles. The van der Waals surface area contributed by atoms with Gasteiger partial charge in [-0.1, -0.05) is 19.9 Å². The van der Waals surface area contributed by atoms with E-state index in [1.54, 1.807) is 13.8 Å². The van der Waals surface area contributed by atoms with Gasteiger partial charge in [-0.05, 0) is 31.0 Å². The van der Waals surface area contributed by atoms with E-state index in [0.29, 0.717) is 6.61 Å². The zero-order chi connectivity index (χ0) is 15.8. The molecule has 1 amide bonds. The molecule has 0 aliphatic rings. The molecular formula is C15H21NO4S. The lowest BCUT2D eigenvalue weighted by atomic mass is 10.1. The number of amides is 1. The molecule has 0 saturated heterocycles. The van der Waals surface area contributed by atoms with Gasteiger partial charge in [0.2, 0.25) is 5.91 Å². The number of benzene rings is 1. The first-order valence-corrected chi connectivity index (χ1v) is 7.80. The number of carbonyl (C=O) groups excluding carboxylic acids is 1. The zero-order valence-electron chi connectivity index (χ0n) is 12.5. The summed E-state index contributed by atoms with van der Waals surface area (Å²) in [6.45, 7) is 6.02. The molecule has 0 aliphatic heterocycles. The second-order valence-corrected chi connectivity index (χ2v) is 5.87. The fourth-order valence-corrected chi connectivity index (χ4v) is 2.45. The van der Waals surface area contributed by atoms with Crippen LogP contribution in [0.15, 0.2) is 29.2 Å². The molecule has 0 bridgehead atoms. The maximum atomic E-state index is 11.8. The van der Waals surface area contributed by atoms with Crippen molar-refractivity contribution in [3.63, 3.8) is 0 Å². The van der Waals surface area contributed by atoms with Gasteiger partial charge >= 0.3 is 5.97 Å². The van der Waals surface area contributed by atoms with Crippen LogP contribution in [0, 0.1) is 5.92 Å². The number of aliphatic carboxylic acids is 1. The van der Waals surface area contributed by atoms with Gasteiger partial charge in [-0.15, -0.1) is 11.8 Å². The maximum absolute atomic E-state index is 11.8. The quantitative estimate of drug-likeness (QED) is 0.721. The van der Waals surface area contributed by atoms with Crippen LogP contribution in [0.2, 0.25) is 0 Å². The van der Waals surface area contributed by atoms with Crippen molar-refractivity contribution >= 4 is 23.6 Å². The lowest BCUT2D eigenvalue weighted by molar-refractivity contribution is -0.142. The van der Waals surface area contributed by atoms with Crippen molar-refractivity contribution in [1.29, 1.82) is 0 Å². The smallest absolute Gasteiger partial charge is 0.326 e. The van der Waals surface area contributed by atoms with E-state index in [0.717, 1.165) is 10.6 Å². The summed E-state index contributed by atoms with van der Waals surface area (Å²) in [7, 11) is 0. The molecule has 5 nitrogen and oxygen atoms in total. The fraction of sp³-hybridized carbons (Fsp3) is 0.467. The Morgan fingerprint density at radius 1 is 1.38 bits per heavy atom. The molecule has 0 fully saturated rings. The zero-order valence-corrected chi connectivity index (χ0v) is 13.3. The molecule has 1 aromatic rings. The van der Waals surface area contributed by atoms with Gasteiger partial charge in [0.25, 0.3) is 0 Å². The summed E-state index contributed by atoms with van der Waals surface area (Å²) < 4.78 is 5.39. The Balaban J connectivity index is 2.52. The second kappa shape index (κ2) is 8.56. The molecule has 0 radical (unpaired) electrons. The highest BCUT2D eigenvalue weighted by atomic mass is 32.2. The van der Waals surface area contributed by atoms with E-state index >= 15 is 0 Å². The topological polar surface area (TPSA) is 75.6 Å². The summed E-state index contributed by atoms with van der Waals surface area (Å²) >= 11 is 1.35. The highest BCUT2D eigenvalue weighted by Gasteiger charge is 2.23. The van der Waals surface area contributed by atoms with E-state index in [9.17, 15) is 9.59 Å². The van der Waals surface area contributed by atoms with E-state index in [-0.39, 0.29) is 17.6 Å². The Morgan fingerprint density at radius 3 is 2.67 bits per heavy atom. The van der Waals surface area contributed by atoms with Crippen molar-refractivity contribution < 1.29 is 19.4 Å². The lowest BCUT2D eigenvalue weighted by Gasteiger charge is -2.17. The first-order chi connectivity index (χ1) is 9.93. The number of ether oxygens (including phenoxy) is 1. The summed E-state index contributed by atoms with van der Waals surface area (Å²) in [5, 5.41) is 11.6. The Kier molecular flexibility index (Phi) is 7.08. The number of carbonyl (C=O) groups is 2. The minimum absolute atomic E-state index is 0.155. The normalized spacial score (nSPS) is 12.0. The van der Waals surface area contributed by atoms with Crippen molar-refractivity contribution in [1.82, 2.24) is 5.32 Å². The molecule has 0 aromatic heterocycles. The lowest BCUT2D eigenvalue weighted by Crippen LogP contribution is -2.45. The number of hydrogen-bond acceptors (Lipinski definition) is 4. The van der Waals surface area contributed by atoms with E-state index < -0.39 is 12.0 Å². The van der Waals surface area contributed by atoms with Crippen molar-refractivity contribution in [3.05, 3.63) is 24.3 Å². The van der Waals surface area contributed by atoms with Crippen LogP contribution in [0.4, 0.5) is 0 Å². The summed E-state index contributed by atoms with van der Waals surface area (Å²) in [6, 6.07) is 6.61. The Bertz CT molecular complexity index is 490. The van der Waals surface area contributed by atoms with Crippen LogP contribution in [0.5, 0.6) is 5.75 Å². The first-order valence-electron chi connectivity index (χ1n) is 6.81. The number of hydrogen-bond donors (Lipinski definition) is 2. The van der Waals surface area contributed by atoms with Crippen LogP contribution in [0.3, 0.4) is 0 Å². The fourth-order valence-electron chi connectivity index (χ4n) is 1.70. The third-order valence-electron chi connectivity index (χ3n) is 2.74. The van der Waals surface area contributed by atoms with E-state index in [1.807, 2.05) is 31.2 Å². The monoisotopic (exact) mass is 311 g/mol. The van der Waals surface area contributed by atoms with Crippen LogP contribution in [0.25, 0.3) is 0 Å². The predicted octanol–water partition coefficient (Wildman–Crippen LogP) is 2.40. The molecule has 6 heteroatoms. The van der Waals surface area contributed by atoms with E-state index in [4.69, 9.17) is 9.84 Å². The second-order valence-electron chi connectivity index (χ2n) is 4.82. The highest BCUT2D eigenvalue weighted by Crippen LogP contribution is 2.22. The van der Waals surface area contributed by atoms with Gasteiger partial charge in [0, 0.05) is 4.90 Å². The average molecular weight is 311 g/mol. The van der Waals surface area contributed by atoms with E-state index in [1.165, 1.54) is 11.8 Å². The van der Waals surface area contributed by atoms with Crippen LogP contribution in [-0.2, 0) is 9.59 Å². The molecule has 0 saturated carbocycles. The van der Waals surface area contributed by atoms with Crippen LogP contribution < -0.4 is 10.1 Å². The van der Waals surface area contributed by atoms with Crippen LogP contribution in [0.1, 0.15) is 20.8 Å². The summed E-state index contributed by atoms with van der Waals surface area (Å²) in [6.07, 6.45) is 0. The van der Waals surface area contributed by atoms with Gasteiger partial charge < -0.3 is 15.2 Å². The van der Waals surface area contributed by atoms with Gasteiger partial charge in [0.15, 0.2) is 0 Å². The molecular weight excluding hydrogens is 290 g/mol. The standard InChI is InChI=1S/C15H21NO4S/c1-4-20-11-6-5-7-12(8-11)21-9-13(17)16-14(10(2)3)15(18)19/h5-8,10,14H,4,9H2,1-3H3,(H,16,17)(H,18,19). The van der Waals surface area contributed by atoms with Crippen molar-refractivity contribution in [2.75, 3.05) is 12.4 Å². The molecule has 0 heterocycles. The summed E-state index contributed by atoms with van der Waals surface area (Å²) in [5.41, 5.74) is 0. The Hall–Kier alpha value is -1.69.